The summed E-state index contributed by atoms with van der Waals surface area (Å²) in [5, 5.41) is 1.65. The van der Waals surface area contributed by atoms with Gasteiger partial charge in [-0.1, -0.05) is 36.4 Å². The van der Waals surface area contributed by atoms with Crippen LogP contribution in [0.1, 0.15) is 20.7 Å². The lowest BCUT2D eigenvalue weighted by Crippen LogP contribution is -2.04. The monoisotopic (exact) mass is 382 g/mol. The summed E-state index contributed by atoms with van der Waals surface area (Å²) in [6, 6.07) is 15.3. The van der Waals surface area contributed by atoms with E-state index in [0.717, 1.165) is 29.9 Å². The molecule has 0 fully saturated rings. The van der Waals surface area contributed by atoms with Gasteiger partial charge in [-0.05, 0) is 12.1 Å². The second-order valence-corrected chi connectivity index (χ2v) is 7.69. The topological polar surface area (TPSA) is 52.6 Å². The first kappa shape index (κ1) is 16.8. The number of fused-ring (bicyclic) bond motifs is 2. The van der Waals surface area contributed by atoms with Gasteiger partial charge in [-0.15, -0.1) is 22.7 Å². The number of thiophene rings is 2. The van der Waals surface area contributed by atoms with E-state index in [2.05, 4.69) is 0 Å². The lowest BCUT2D eigenvalue weighted by Gasteiger charge is -2.04. The highest BCUT2D eigenvalue weighted by atomic mass is 32.1. The highest BCUT2D eigenvalue weighted by Gasteiger charge is 2.27. The van der Waals surface area contributed by atoms with Gasteiger partial charge in [0.05, 0.1) is 35.1 Å². The van der Waals surface area contributed by atoms with Crippen molar-refractivity contribution in [3.63, 3.8) is 0 Å². The average molecular weight is 382 g/mol. The molecule has 2 aromatic carbocycles. The number of benzene rings is 2. The van der Waals surface area contributed by atoms with Gasteiger partial charge in [0, 0.05) is 20.2 Å². The summed E-state index contributed by atoms with van der Waals surface area (Å²) in [4.78, 5) is 26.5. The second-order valence-electron chi connectivity index (χ2n) is 5.59. The largest absolute Gasteiger partial charge is 0.465 e. The van der Waals surface area contributed by atoms with Gasteiger partial charge in [-0.25, -0.2) is 9.59 Å². The minimum Gasteiger partial charge on any atom is -0.465 e. The van der Waals surface area contributed by atoms with E-state index in [4.69, 9.17) is 9.47 Å². The van der Waals surface area contributed by atoms with E-state index in [-0.39, 0.29) is 0 Å². The Morgan fingerprint density at radius 1 is 0.692 bits per heavy atom. The Morgan fingerprint density at radius 3 is 1.46 bits per heavy atom. The molecule has 0 atom stereocenters. The SMILES string of the molecule is COC(=O)c1c(-c2sc3ccccc3c2C(=O)OC)sc2ccccc12. The van der Waals surface area contributed by atoms with Gasteiger partial charge in [0.2, 0.25) is 0 Å². The lowest BCUT2D eigenvalue weighted by atomic mass is 10.1. The van der Waals surface area contributed by atoms with E-state index in [1.807, 2.05) is 48.5 Å². The van der Waals surface area contributed by atoms with E-state index in [1.165, 1.54) is 36.9 Å². The number of methoxy groups -OCH3 is 2. The number of carbonyl (C=O) groups excluding carboxylic acids is 2. The van der Waals surface area contributed by atoms with Gasteiger partial charge in [0.15, 0.2) is 0 Å². The quantitative estimate of drug-likeness (QED) is 0.448. The molecule has 130 valence electrons. The summed E-state index contributed by atoms with van der Waals surface area (Å²) in [6.07, 6.45) is 0. The van der Waals surface area contributed by atoms with Gasteiger partial charge in [-0.3, -0.25) is 0 Å². The molecule has 0 N–H and O–H groups in total. The number of esters is 2. The highest BCUT2D eigenvalue weighted by Crippen LogP contribution is 2.46. The molecule has 6 heteroatoms. The highest BCUT2D eigenvalue weighted by molar-refractivity contribution is 7.29. The van der Waals surface area contributed by atoms with Crippen LogP contribution in [0.5, 0.6) is 0 Å². The van der Waals surface area contributed by atoms with Crippen LogP contribution in [0.4, 0.5) is 0 Å². The van der Waals surface area contributed by atoms with Crippen LogP contribution in [0.3, 0.4) is 0 Å². The molecule has 2 heterocycles. The van der Waals surface area contributed by atoms with Crippen molar-refractivity contribution in [3.05, 3.63) is 59.7 Å². The molecule has 2 aromatic heterocycles. The van der Waals surface area contributed by atoms with Crippen LogP contribution in [0.15, 0.2) is 48.5 Å². The molecule has 0 saturated heterocycles. The average Bonchev–Trinajstić information content (AvgIpc) is 3.25. The van der Waals surface area contributed by atoms with E-state index in [1.54, 1.807) is 0 Å². The van der Waals surface area contributed by atoms with Crippen LogP contribution in [-0.4, -0.2) is 26.2 Å². The van der Waals surface area contributed by atoms with Gasteiger partial charge in [0.25, 0.3) is 0 Å². The second kappa shape index (κ2) is 6.55. The van der Waals surface area contributed by atoms with Crippen molar-refractivity contribution in [1.82, 2.24) is 0 Å². The van der Waals surface area contributed by atoms with Crippen molar-refractivity contribution in [2.75, 3.05) is 14.2 Å². The van der Waals surface area contributed by atoms with Gasteiger partial charge in [-0.2, -0.15) is 0 Å². The maximum Gasteiger partial charge on any atom is 0.340 e. The van der Waals surface area contributed by atoms with Gasteiger partial charge >= 0.3 is 11.9 Å². The van der Waals surface area contributed by atoms with Gasteiger partial charge < -0.3 is 9.47 Å². The standard InChI is InChI=1S/C20H14O4S2/c1-23-19(21)15-11-7-3-5-9-13(11)25-17(15)18-16(20(22)24-2)12-8-4-6-10-14(12)26-18/h3-10H,1-2H3. The Hall–Kier alpha value is -2.70. The van der Waals surface area contributed by atoms with Crippen LogP contribution >= 0.6 is 22.7 Å². The maximum absolute atomic E-state index is 12.5. The summed E-state index contributed by atoms with van der Waals surface area (Å²) in [6.45, 7) is 0. The molecule has 0 saturated carbocycles. The molecule has 4 nitrogen and oxygen atoms in total. The first-order chi connectivity index (χ1) is 12.7. The Labute approximate surface area is 157 Å². The Morgan fingerprint density at radius 2 is 1.08 bits per heavy atom. The normalized spacial score (nSPS) is 11.0. The van der Waals surface area contributed by atoms with Crippen molar-refractivity contribution in [2.45, 2.75) is 0 Å². The number of ether oxygens (including phenoxy) is 2. The van der Waals surface area contributed by atoms with Crippen LogP contribution < -0.4 is 0 Å². The zero-order chi connectivity index (χ0) is 18.3. The van der Waals surface area contributed by atoms with Crippen LogP contribution in [0, 0.1) is 0 Å². The van der Waals surface area contributed by atoms with Gasteiger partial charge in [0.1, 0.15) is 0 Å². The van der Waals surface area contributed by atoms with Crippen molar-refractivity contribution in [1.29, 1.82) is 0 Å². The molecule has 0 aliphatic carbocycles. The zero-order valence-corrected chi connectivity index (χ0v) is 15.7. The van der Waals surface area contributed by atoms with E-state index in [0.29, 0.717) is 11.1 Å². The molecule has 0 aliphatic rings. The minimum atomic E-state index is -0.411. The van der Waals surface area contributed by atoms with E-state index in [9.17, 15) is 9.59 Å². The van der Waals surface area contributed by atoms with Crippen LogP contribution in [0.2, 0.25) is 0 Å². The predicted molar refractivity (Wildman–Crippen MR) is 105 cm³/mol. The fourth-order valence-corrected chi connectivity index (χ4v) is 5.54. The van der Waals surface area contributed by atoms with Crippen molar-refractivity contribution < 1.29 is 19.1 Å². The molecule has 0 bridgehead atoms. The third-order valence-corrected chi connectivity index (χ3v) is 6.68. The molecule has 0 amide bonds. The van der Waals surface area contributed by atoms with Crippen molar-refractivity contribution in [3.8, 4) is 9.75 Å². The summed E-state index contributed by atoms with van der Waals surface area (Å²) in [5.74, 6) is -0.823. The summed E-state index contributed by atoms with van der Waals surface area (Å²) >= 11 is 2.96. The molecule has 26 heavy (non-hydrogen) atoms. The summed E-state index contributed by atoms with van der Waals surface area (Å²) in [7, 11) is 2.73. The summed E-state index contributed by atoms with van der Waals surface area (Å²) < 4.78 is 12.0. The smallest absolute Gasteiger partial charge is 0.340 e. The molecule has 0 spiro atoms. The third kappa shape index (κ3) is 2.50. The molecular weight excluding hydrogens is 368 g/mol. The third-order valence-electron chi connectivity index (χ3n) is 4.18. The Kier molecular flexibility index (Phi) is 4.22. The minimum absolute atomic E-state index is 0.411. The van der Waals surface area contributed by atoms with Crippen molar-refractivity contribution >= 4 is 54.8 Å². The number of hydrogen-bond donors (Lipinski definition) is 0. The first-order valence-corrected chi connectivity index (χ1v) is 9.49. The number of hydrogen-bond acceptors (Lipinski definition) is 6. The lowest BCUT2D eigenvalue weighted by molar-refractivity contribution is 0.0593. The molecular formula is C20H14O4S2. The maximum atomic E-state index is 12.5. The molecule has 4 aromatic rings. The van der Waals surface area contributed by atoms with E-state index < -0.39 is 11.9 Å². The van der Waals surface area contributed by atoms with E-state index >= 15 is 0 Å². The summed E-state index contributed by atoms with van der Waals surface area (Å²) in [5.41, 5.74) is 0.981. The van der Waals surface area contributed by atoms with Crippen LogP contribution in [-0.2, 0) is 9.47 Å². The molecule has 0 unspecified atom stereocenters. The van der Waals surface area contributed by atoms with Crippen LogP contribution in [0.25, 0.3) is 29.9 Å². The van der Waals surface area contributed by atoms with Crippen molar-refractivity contribution in [2.24, 2.45) is 0 Å². The first-order valence-electron chi connectivity index (χ1n) is 7.85. The fraction of sp³-hybridized carbons (Fsp3) is 0.100. The zero-order valence-electron chi connectivity index (χ0n) is 14.1. The Balaban J connectivity index is 2.11. The molecule has 4 rings (SSSR count). The predicted octanol–water partition coefficient (Wildman–Crippen LogP) is 5.36. The molecule has 0 aliphatic heterocycles. The Bertz CT molecular complexity index is 1060. The molecule has 0 radical (unpaired) electrons. The number of rotatable bonds is 3. The fourth-order valence-electron chi connectivity index (χ4n) is 3.02. The number of carbonyl (C=O) groups is 2.